The minimum absolute atomic E-state index is 0.0284. The molecule has 2 fully saturated rings. The Morgan fingerprint density at radius 3 is 2.71 bits per heavy atom. The Morgan fingerprint density at radius 2 is 2.10 bits per heavy atom. The summed E-state index contributed by atoms with van der Waals surface area (Å²) >= 11 is 1.49. The van der Waals surface area contributed by atoms with Crippen LogP contribution >= 0.6 is 11.3 Å². The van der Waals surface area contributed by atoms with E-state index in [1.165, 1.54) is 11.3 Å². The van der Waals surface area contributed by atoms with Crippen molar-refractivity contribution in [2.24, 2.45) is 0 Å². The minimum Gasteiger partial charge on any atom is -0.475 e. The van der Waals surface area contributed by atoms with E-state index in [0.717, 1.165) is 29.9 Å². The molecular formula is C20H21F3N2O5S. The van der Waals surface area contributed by atoms with Crippen molar-refractivity contribution in [3.8, 4) is 0 Å². The van der Waals surface area contributed by atoms with E-state index in [0.29, 0.717) is 13.2 Å². The summed E-state index contributed by atoms with van der Waals surface area (Å²) in [6, 6.07) is 7.82. The first-order valence-corrected chi connectivity index (χ1v) is 10.4. The van der Waals surface area contributed by atoms with Crippen LogP contribution in [0.15, 0.2) is 42.0 Å². The van der Waals surface area contributed by atoms with Crippen molar-refractivity contribution in [3.63, 3.8) is 0 Å². The molecule has 1 N–H and O–H groups in total. The van der Waals surface area contributed by atoms with Gasteiger partial charge in [0.2, 0.25) is 0 Å². The first kappa shape index (κ1) is 23.2. The lowest BCUT2D eigenvalue weighted by molar-refractivity contribution is -0.192. The first-order valence-electron chi connectivity index (χ1n) is 9.54. The zero-order valence-corrected chi connectivity index (χ0v) is 17.1. The average molecular weight is 458 g/mol. The maximum atomic E-state index is 12.8. The number of hydrogen-bond acceptors (Lipinski definition) is 6. The number of aliphatic carboxylic acids is 1. The Bertz CT molecular complexity index is 863. The van der Waals surface area contributed by atoms with Gasteiger partial charge >= 0.3 is 12.1 Å². The third-order valence-electron chi connectivity index (χ3n) is 4.90. The monoisotopic (exact) mass is 458 g/mol. The van der Waals surface area contributed by atoms with Crippen LogP contribution in [0.4, 0.5) is 13.2 Å². The van der Waals surface area contributed by atoms with Crippen molar-refractivity contribution in [1.29, 1.82) is 0 Å². The maximum Gasteiger partial charge on any atom is 0.490 e. The number of aromatic nitrogens is 1. The van der Waals surface area contributed by atoms with Crippen LogP contribution in [0.3, 0.4) is 0 Å². The van der Waals surface area contributed by atoms with Gasteiger partial charge in [0.25, 0.3) is 5.91 Å². The number of ether oxygens (including phenoxy) is 2. The Kier molecular flexibility index (Phi) is 7.63. The van der Waals surface area contributed by atoms with Crippen molar-refractivity contribution in [1.82, 2.24) is 9.88 Å². The number of fused-ring (bicyclic) bond motifs is 1. The second-order valence-corrected chi connectivity index (χ2v) is 7.94. The third kappa shape index (κ3) is 6.02. The number of halogens is 3. The molecule has 1 amide bonds. The van der Waals surface area contributed by atoms with E-state index in [2.05, 4.69) is 4.98 Å². The Hall–Kier alpha value is -2.50. The number of pyridine rings is 1. The molecule has 2 aromatic rings. The summed E-state index contributed by atoms with van der Waals surface area (Å²) in [5.74, 6) is -2.66. The van der Waals surface area contributed by atoms with Gasteiger partial charge in [0.15, 0.2) is 0 Å². The Balaban J connectivity index is 0.000000339. The molecule has 31 heavy (non-hydrogen) atoms. The zero-order chi connectivity index (χ0) is 22.4. The molecule has 2 aliphatic heterocycles. The van der Waals surface area contributed by atoms with Gasteiger partial charge in [-0.25, -0.2) is 4.79 Å². The van der Waals surface area contributed by atoms with Crippen LogP contribution in [-0.2, 0) is 20.9 Å². The van der Waals surface area contributed by atoms with Crippen molar-refractivity contribution >= 4 is 23.2 Å². The molecule has 0 unspecified atom stereocenters. The number of carbonyl (C=O) groups excluding carboxylic acids is 1. The quantitative estimate of drug-likeness (QED) is 0.756. The largest absolute Gasteiger partial charge is 0.490 e. The molecule has 3 atom stereocenters. The molecular weight excluding hydrogens is 437 g/mol. The number of rotatable bonds is 4. The fourth-order valence-electron chi connectivity index (χ4n) is 3.52. The van der Waals surface area contributed by atoms with Gasteiger partial charge < -0.3 is 19.5 Å². The summed E-state index contributed by atoms with van der Waals surface area (Å²) in [5, 5.41) is 9.06. The molecule has 168 valence electrons. The molecule has 4 heterocycles. The van der Waals surface area contributed by atoms with Crippen LogP contribution in [0.1, 0.15) is 28.1 Å². The number of alkyl halides is 3. The van der Waals surface area contributed by atoms with E-state index < -0.39 is 12.1 Å². The van der Waals surface area contributed by atoms with Crippen LogP contribution in [0.25, 0.3) is 0 Å². The van der Waals surface area contributed by atoms with Gasteiger partial charge in [0.1, 0.15) is 12.2 Å². The van der Waals surface area contributed by atoms with E-state index in [1.54, 1.807) is 6.20 Å². The van der Waals surface area contributed by atoms with E-state index in [1.807, 2.05) is 40.7 Å². The van der Waals surface area contributed by atoms with Crippen LogP contribution in [-0.4, -0.2) is 64.4 Å². The zero-order valence-electron chi connectivity index (χ0n) is 16.3. The van der Waals surface area contributed by atoms with Gasteiger partial charge in [0, 0.05) is 19.0 Å². The molecule has 0 aromatic carbocycles. The molecule has 7 nitrogen and oxygen atoms in total. The van der Waals surface area contributed by atoms with Gasteiger partial charge in [-0.05, 0) is 35.9 Å². The van der Waals surface area contributed by atoms with Gasteiger partial charge in [-0.15, -0.1) is 11.3 Å². The summed E-state index contributed by atoms with van der Waals surface area (Å²) < 4.78 is 43.8. The lowest BCUT2D eigenvalue weighted by Crippen LogP contribution is -2.43. The molecule has 0 aliphatic carbocycles. The molecule has 0 radical (unpaired) electrons. The Labute approximate surface area is 180 Å². The standard InChI is InChI=1S/C18H20N2O3S.C2HF3O2/c21-18(16-6-3-9-24-16)20-11-15(17-14(20)5-2-8-22-17)23-12-13-4-1-7-19-10-13;3-2(4,5)1(6)7/h1,3-4,6-7,9-10,14-15,17H,2,5,8,11-12H2;(H,6,7)/t14-,15+,17-;/m0./s1. The lowest BCUT2D eigenvalue weighted by Gasteiger charge is -2.32. The summed E-state index contributed by atoms with van der Waals surface area (Å²) in [7, 11) is 0. The van der Waals surface area contributed by atoms with Crippen molar-refractivity contribution in [3.05, 3.63) is 52.5 Å². The first-order chi connectivity index (χ1) is 14.8. The second kappa shape index (κ2) is 10.2. The normalized spacial score (nSPS) is 22.9. The number of amides is 1. The number of hydrogen-bond donors (Lipinski definition) is 1. The summed E-state index contributed by atoms with van der Waals surface area (Å²) in [6.07, 6.45) is 0.335. The Morgan fingerprint density at radius 1 is 1.32 bits per heavy atom. The molecule has 0 bridgehead atoms. The minimum atomic E-state index is -5.08. The highest BCUT2D eigenvalue weighted by atomic mass is 32.1. The number of carbonyl (C=O) groups is 2. The maximum absolute atomic E-state index is 12.8. The smallest absolute Gasteiger partial charge is 0.475 e. The molecule has 2 aromatic heterocycles. The van der Waals surface area contributed by atoms with Crippen molar-refractivity contribution in [2.75, 3.05) is 13.2 Å². The molecule has 0 saturated carbocycles. The topological polar surface area (TPSA) is 89.0 Å². The predicted octanol–water partition coefficient (Wildman–Crippen LogP) is 3.37. The number of thiophene rings is 1. The van der Waals surface area contributed by atoms with Crippen LogP contribution in [0.2, 0.25) is 0 Å². The van der Waals surface area contributed by atoms with E-state index >= 15 is 0 Å². The molecule has 11 heteroatoms. The summed E-state index contributed by atoms with van der Waals surface area (Å²) in [4.78, 5) is 28.5. The number of likely N-dealkylation sites (tertiary alicyclic amines) is 1. The van der Waals surface area contributed by atoms with Gasteiger partial charge in [-0.2, -0.15) is 13.2 Å². The van der Waals surface area contributed by atoms with E-state index in [-0.39, 0.29) is 24.2 Å². The third-order valence-corrected chi connectivity index (χ3v) is 5.76. The number of nitrogens with zero attached hydrogens (tertiary/aromatic N) is 2. The number of carboxylic acids is 1. The van der Waals surface area contributed by atoms with Gasteiger partial charge in [-0.1, -0.05) is 12.1 Å². The molecule has 4 rings (SSSR count). The average Bonchev–Trinajstić information content (AvgIpc) is 3.41. The second-order valence-electron chi connectivity index (χ2n) is 6.99. The van der Waals surface area contributed by atoms with E-state index in [4.69, 9.17) is 19.4 Å². The highest BCUT2D eigenvalue weighted by molar-refractivity contribution is 7.12. The fraction of sp³-hybridized carbons (Fsp3) is 0.450. The van der Waals surface area contributed by atoms with E-state index in [9.17, 15) is 18.0 Å². The van der Waals surface area contributed by atoms with Crippen molar-refractivity contribution < 1.29 is 37.3 Å². The summed E-state index contributed by atoms with van der Waals surface area (Å²) in [6.45, 7) is 1.83. The SMILES string of the molecule is O=C(O)C(F)(F)F.O=C(c1cccs1)N1C[C@@H](OCc2cccnc2)[C@H]2OCCC[C@@H]21. The predicted molar refractivity (Wildman–Crippen MR) is 105 cm³/mol. The molecule has 0 spiro atoms. The van der Waals surface area contributed by atoms with Gasteiger partial charge in [-0.3, -0.25) is 9.78 Å². The molecule has 2 saturated heterocycles. The number of carboxylic acid groups (broad SMARTS) is 1. The highest BCUT2D eigenvalue weighted by Gasteiger charge is 2.47. The van der Waals surface area contributed by atoms with Crippen LogP contribution < -0.4 is 0 Å². The highest BCUT2D eigenvalue weighted by Crippen LogP contribution is 2.32. The summed E-state index contributed by atoms with van der Waals surface area (Å²) in [5.41, 5.74) is 1.04. The van der Waals surface area contributed by atoms with Crippen LogP contribution in [0, 0.1) is 0 Å². The van der Waals surface area contributed by atoms with Gasteiger partial charge in [0.05, 0.1) is 24.1 Å². The molecule has 2 aliphatic rings. The van der Waals surface area contributed by atoms with Crippen LogP contribution in [0.5, 0.6) is 0 Å². The fourth-order valence-corrected chi connectivity index (χ4v) is 4.20. The van der Waals surface area contributed by atoms with Crippen molar-refractivity contribution in [2.45, 2.75) is 43.9 Å². The lowest BCUT2D eigenvalue weighted by atomic mass is 10.0.